The maximum atomic E-state index is 14.0. The van der Waals surface area contributed by atoms with Crippen molar-refractivity contribution in [2.24, 2.45) is 0 Å². The number of aryl methyl sites for hydroxylation is 3. The number of ketones is 1. The van der Waals surface area contributed by atoms with Gasteiger partial charge in [-0.2, -0.15) is 0 Å². The maximum Gasteiger partial charge on any atom is 0.549 e. The van der Waals surface area contributed by atoms with Crippen molar-refractivity contribution < 1.29 is 23.2 Å². The highest BCUT2D eigenvalue weighted by Gasteiger charge is 2.38. The minimum Gasteiger partial charge on any atom is -0.305 e. The SMILES string of the molecule is Cc1cc(C)c([P+](=O)OCC(=O)c2ccccc2)c(C)c1.O=C(c1c(Cl)cccc1Cl)P(=O)(c1ccccc1)c1ccccc1. The Hall–Kier alpha value is -3.69. The maximum absolute atomic E-state index is 14.0. The number of benzene rings is 5. The lowest BCUT2D eigenvalue weighted by atomic mass is 10.1. The van der Waals surface area contributed by atoms with E-state index in [4.69, 9.17) is 27.7 Å². The van der Waals surface area contributed by atoms with E-state index in [2.05, 4.69) is 0 Å². The van der Waals surface area contributed by atoms with Gasteiger partial charge in [0.15, 0.2) is 12.4 Å². The Kier molecular flexibility index (Phi) is 11.8. The van der Waals surface area contributed by atoms with Gasteiger partial charge in [0.05, 0.1) is 15.6 Å². The van der Waals surface area contributed by atoms with Gasteiger partial charge in [-0.1, -0.05) is 138 Å². The number of halogens is 2. The van der Waals surface area contributed by atoms with Gasteiger partial charge in [0.1, 0.15) is 0 Å². The molecule has 0 N–H and O–H groups in total. The highest BCUT2D eigenvalue weighted by molar-refractivity contribution is 7.93. The molecule has 9 heteroatoms. The van der Waals surface area contributed by atoms with E-state index in [0.717, 1.165) is 16.7 Å². The molecule has 5 nitrogen and oxygen atoms in total. The summed E-state index contributed by atoms with van der Waals surface area (Å²) in [5.74, 6) is -0.165. The van der Waals surface area contributed by atoms with Crippen molar-refractivity contribution in [3.8, 4) is 0 Å². The predicted molar refractivity (Wildman–Crippen MR) is 185 cm³/mol. The van der Waals surface area contributed by atoms with Crippen molar-refractivity contribution in [1.82, 2.24) is 0 Å². The van der Waals surface area contributed by atoms with E-state index in [1.165, 1.54) is 0 Å². The van der Waals surface area contributed by atoms with Gasteiger partial charge in [0.25, 0.3) is 0 Å². The Bertz CT molecular complexity index is 1790. The summed E-state index contributed by atoms with van der Waals surface area (Å²) < 4.78 is 31.6. The second-order valence-electron chi connectivity index (χ2n) is 10.2. The van der Waals surface area contributed by atoms with Crippen LogP contribution in [-0.2, 0) is 13.7 Å². The highest BCUT2D eigenvalue weighted by atomic mass is 35.5. The van der Waals surface area contributed by atoms with Crippen LogP contribution in [0.3, 0.4) is 0 Å². The third-order valence-corrected chi connectivity index (χ3v) is 11.8. The van der Waals surface area contributed by atoms with Gasteiger partial charge in [-0.3, -0.25) is 9.59 Å². The number of rotatable bonds is 9. The molecule has 0 aliphatic heterocycles. The van der Waals surface area contributed by atoms with Crippen LogP contribution in [-0.4, -0.2) is 17.9 Å². The fourth-order valence-corrected chi connectivity index (χ4v) is 9.15. The van der Waals surface area contributed by atoms with Crippen molar-refractivity contribution in [3.63, 3.8) is 0 Å². The largest absolute Gasteiger partial charge is 0.549 e. The Morgan fingerprint density at radius 2 is 1.13 bits per heavy atom. The lowest BCUT2D eigenvalue weighted by Gasteiger charge is -2.19. The molecular formula is C36H31Cl2O5P2+. The van der Waals surface area contributed by atoms with Crippen molar-refractivity contribution in [2.45, 2.75) is 20.8 Å². The first-order valence-corrected chi connectivity index (χ1v) is 17.6. The summed E-state index contributed by atoms with van der Waals surface area (Å²) in [6.45, 7) is 5.64. The van der Waals surface area contributed by atoms with Crippen LogP contribution in [0.25, 0.3) is 0 Å². The van der Waals surface area contributed by atoms with Crippen molar-refractivity contribution in [1.29, 1.82) is 0 Å². The van der Waals surface area contributed by atoms with Crippen LogP contribution >= 0.6 is 38.4 Å². The molecular weight excluding hydrogens is 645 g/mol. The lowest BCUT2D eigenvalue weighted by molar-refractivity contribution is 0.0927. The Morgan fingerprint density at radius 1 is 0.689 bits per heavy atom. The summed E-state index contributed by atoms with van der Waals surface area (Å²) in [4.78, 5) is 25.2. The minimum absolute atomic E-state index is 0.0943. The third kappa shape index (κ3) is 8.13. The molecule has 0 fully saturated rings. The summed E-state index contributed by atoms with van der Waals surface area (Å²) in [5, 5.41) is 1.99. The monoisotopic (exact) mass is 675 g/mol. The zero-order valence-electron chi connectivity index (χ0n) is 24.9. The van der Waals surface area contributed by atoms with Gasteiger partial charge in [0.2, 0.25) is 18.0 Å². The topological polar surface area (TPSA) is 77.5 Å². The van der Waals surface area contributed by atoms with Crippen LogP contribution in [0.4, 0.5) is 0 Å². The molecule has 1 atom stereocenters. The van der Waals surface area contributed by atoms with E-state index in [1.807, 2.05) is 51.1 Å². The summed E-state index contributed by atoms with van der Waals surface area (Å²) in [7, 11) is -5.62. The Morgan fingerprint density at radius 3 is 1.60 bits per heavy atom. The van der Waals surface area contributed by atoms with E-state index in [1.54, 1.807) is 91.0 Å². The van der Waals surface area contributed by atoms with Crippen LogP contribution in [0.5, 0.6) is 0 Å². The van der Waals surface area contributed by atoms with Crippen LogP contribution in [0.1, 0.15) is 37.4 Å². The van der Waals surface area contributed by atoms with E-state index in [9.17, 15) is 18.7 Å². The molecule has 0 aromatic heterocycles. The molecule has 0 radical (unpaired) electrons. The second-order valence-corrected chi connectivity index (χ2v) is 14.9. The molecule has 0 aliphatic rings. The Balaban J connectivity index is 0.000000207. The van der Waals surface area contributed by atoms with Gasteiger partial charge >= 0.3 is 8.03 Å². The van der Waals surface area contributed by atoms with E-state index >= 15 is 0 Å². The second kappa shape index (κ2) is 15.5. The molecule has 1 unspecified atom stereocenters. The number of Topliss-reactive ketones (excluding diaryl/α,β-unsaturated/α-hetero) is 1. The van der Waals surface area contributed by atoms with Crippen LogP contribution in [0.2, 0.25) is 10.0 Å². The molecule has 5 rings (SSSR count). The van der Waals surface area contributed by atoms with Crippen LogP contribution < -0.4 is 15.9 Å². The quantitative estimate of drug-likeness (QED) is 0.115. The molecule has 0 spiro atoms. The zero-order valence-corrected chi connectivity index (χ0v) is 28.2. The lowest BCUT2D eigenvalue weighted by Crippen LogP contribution is -2.23. The first kappa shape index (κ1) is 34.2. The van der Waals surface area contributed by atoms with Crippen molar-refractivity contribution in [3.05, 3.63) is 159 Å². The molecule has 5 aromatic rings. The average Bonchev–Trinajstić information content (AvgIpc) is 3.04. The van der Waals surface area contributed by atoms with E-state index in [0.29, 0.717) is 21.5 Å². The fourth-order valence-electron chi connectivity index (χ4n) is 4.87. The van der Waals surface area contributed by atoms with Crippen molar-refractivity contribution in [2.75, 3.05) is 6.61 Å². The minimum atomic E-state index is -3.60. The number of carbonyl (C=O) groups excluding carboxylic acids is 2. The molecule has 0 bridgehead atoms. The van der Waals surface area contributed by atoms with Crippen LogP contribution in [0, 0.1) is 20.8 Å². The Labute approximate surface area is 274 Å². The van der Waals surface area contributed by atoms with Crippen molar-refractivity contribution >= 4 is 65.6 Å². The first-order valence-electron chi connectivity index (χ1n) is 14.0. The normalized spacial score (nSPS) is 11.3. The number of carbonyl (C=O) groups is 2. The standard InChI is InChI=1S/C19H13Cl2O2P.C17H18O3P/c20-16-12-7-13-17(21)18(16)19(22)24(23,14-8-3-1-4-9-14)15-10-5-2-6-11-15;1-12-9-13(2)17(14(3)10-12)21(19)20-11-16(18)15-7-5-4-6-8-15/h1-13H;4-10H,11H2,1-3H3/q;+1. The predicted octanol–water partition coefficient (Wildman–Crippen LogP) is 9.03. The van der Waals surface area contributed by atoms with Gasteiger partial charge in [-0.25, -0.2) is 0 Å². The summed E-state index contributed by atoms with van der Waals surface area (Å²) in [6, 6.07) is 35.0. The van der Waals surface area contributed by atoms with Gasteiger partial charge in [-0.15, -0.1) is 4.52 Å². The third-order valence-electron chi connectivity index (χ3n) is 6.93. The van der Waals surface area contributed by atoms with E-state index < -0.39 is 20.7 Å². The molecule has 5 aromatic carbocycles. The average molecular weight is 676 g/mol. The molecule has 0 heterocycles. The number of hydrogen-bond acceptors (Lipinski definition) is 5. The molecule has 0 amide bonds. The van der Waals surface area contributed by atoms with Gasteiger partial charge in [-0.05, 0) is 37.5 Å². The summed E-state index contributed by atoms with van der Waals surface area (Å²) in [5.41, 5.74) is 3.09. The molecule has 228 valence electrons. The highest BCUT2D eigenvalue weighted by Crippen LogP contribution is 2.49. The smallest absolute Gasteiger partial charge is 0.305 e. The molecule has 0 saturated carbocycles. The summed E-state index contributed by atoms with van der Waals surface area (Å²) >= 11 is 12.4. The molecule has 45 heavy (non-hydrogen) atoms. The first-order chi connectivity index (χ1) is 21.5. The van der Waals surface area contributed by atoms with Gasteiger partial charge < -0.3 is 4.57 Å². The summed E-state index contributed by atoms with van der Waals surface area (Å²) in [6.07, 6.45) is 0. The zero-order chi connectivity index (χ0) is 32.6. The fraction of sp³-hybridized carbons (Fsp3) is 0.111. The van der Waals surface area contributed by atoms with Gasteiger partial charge in [0, 0.05) is 27.3 Å². The number of hydrogen-bond donors (Lipinski definition) is 0. The van der Waals surface area contributed by atoms with E-state index in [-0.39, 0.29) is 28.0 Å². The molecule has 0 saturated heterocycles. The molecule has 0 aliphatic carbocycles. The van der Waals surface area contributed by atoms with Crippen LogP contribution in [0.15, 0.2) is 121 Å².